The molecule has 0 fully saturated rings. The first-order valence-corrected chi connectivity index (χ1v) is 11.3. The minimum atomic E-state index is -0.846. The summed E-state index contributed by atoms with van der Waals surface area (Å²) in [7, 11) is 0. The van der Waals surface area contributed by atoms with E-state index in [1.165, 1.54) is 5.56 Å². The number of anilines is 1. The summed E-state index contributed by atoms with van der Waals surface area (Å²) in [5.41, 5.74) is 6.92. The number of hydrogen-bond acceptors (Lipinski definition) is 5. The van der Waals surface area contributed by atoms with Crippen LogP contribution in [0.5, 0.6) is 0 Å². The fraction of sp³-hybridized carbons (Fsp3) is 0.208. The third kappa shape index (κ3) is 3.77. The van der Waals surface area contributed by atoms with Gasteiger partial charge in [0.05, 0.1) is 28.9 Å². The van der Waals surface area contributed by atoms with E-state index < -0.39 is 5.97 Å². The third-order valence-corrected chi connectivity index (χ3v) is 7.11. The number of benzene rings is 2. The van der Waals surface area contributed by atoms with E-state index >= 15 is 0 Å². The van der Waals surface area contributed by atoms with Crippen molar-refractivity contribution in [1.82, 2.24) is 9.97 Å². The van der Waals surface area contributed by atoms with Crippen molar-refractivity contribution >= 4 is 44.3 Å². The molecule has 0 amide bonds. The van der Waals surface area contributed by atoms with Gasteiger partial charge in [-0.05, 0) is 59.9 Å². The Bertz CT molecular complexity index is 1300. The summed E-state index contributed by atoms with van der Waals surface area (Å²) < 4.78 is 1.01. The second kappa shape index (κ2) is 7.94. The lowest BCUT2D eigenvalue weighted by Crippen LogP contribution is -2.30. The molecule has 0 atom stereocenters. The number of pyridine rings is 1. The first-order chi connectivity index (χ1) is 15.0. The molecule has 0 saturated carbocycles. The van der Waals surface area contributed by atoms with Crippen molar-refractivity contribution in [3.05, 3.63) is 76.1 Å². The topological polar surface area (TPSA) is 66.3 Å². The summed E-state index contributed by atoms with van der Waals surface area (Å²) >= 11 is 7.72. The second-order valence-electron chi connectivity index (χ2n) is 7.75. The van der Waals surface area contributed by atoms with Gasteiger partial charge in [0.15, 0.2) is 5.13 Å². The molecule has 31 heavy (non-hydrogen) atoms. The second-order valence-corrected chi connectivity index (χ2v) is 9.16. The van der Waals surface area contributed by atoms with E-state index in [0.717, 1.165) is 62.8 Å². The maximum atomic E-state index is 11.6. The Balaban J connectivity index is 1.65. The Labute approximate surface area is 189 Å². The molecule has 0 unspecified atom stereocenters. The number of thiazole rings is 1. The van der Waals surface area contributed by atoms with Gasteiger partial charge in [-0.1, -0.05) is 41.1 Å². The van der Waals surface area contributed by atoms with Crippen LogP contribution in [0.25, 0.3) is 21.3 Å². The number of aliphatic carboxylic acids is 1. The van der Waals surface area contributed by atoms with Crippen molar-refractivity contribution in [2.45, 2.75) is 26.3 Å². The number of carboxylic acid groups (broad SMARTS) is 1. The molecule has 1 aliphatic rings. The number of aryl methyl sites for hydroxylation is 1. The minimum Gasteiger partial charge on any atom is -0.481 e. The van der Waals surface area contributed by atoms with Crippen LogP contribution in [0.1, 0.15) is 22.4 Å². The highest BCUT2D eigenvalue weighted by molar-refractivity contribution is 7.22. The monoisotopic (exact) mass is 449 g/mol. The number of rotatable bonds is 4. The van der Waals surface area contributed by atoms with Gasteiger partial charge in [-0.25, -0.2) is 4.98 Å². The quantitative estimate of drug-likeness (QED) is 0.445. The van der Waals surface area contributed by atoms with Crippen molar-refractivity contribution in [3.8, 4) is 11.1 Å². The molecular weight excluding hydrogens is 430 g/mol. The van der Waals surface area contributed by atoms with E-state index in [0.29, 0.717) is 5.02 Å². The lowest BCUT2D eigenvalue weighted by atomic mass is 9.93. The van der Waals surface area contributed by atoms with E-state index in [1.54, 1.807) is 11.3 Å². The summed E-state index contributed by atoms with van der Waals surface area (Å²) in [6, 6.07) is 13.7. The van der Waals surface area contributed by atoms with Crippen molar-refractivity contribution in [2.75, 3.05) is 11.4 Å². The Morgan fingerprint density at radius 1 is 1.26 bits per heavy atom. The summed E-state index contributed by atoms with van der Waals surface area (Å²) in [4.78, 5) is 23.4. The zero-order chi connectivity index (χ0) is 21.5. The zero-order valence-corrected chi connectivity index (χ0v) is 18.5. The number of fused-ring (bicyclic) bond motifs is 2. The lowest BCUT2D eigenvalue weighted by molar-refractivity contribution is -0.136. The molecule has 0 saturated heterocycles. The Morgan fingerprint density at radius 3 is 2.84 bits per heavy atom. The molecule has 3 heterocycles. The van der Waals surface area contributed by atoms with Crippen LogP contribution < -0.4 is 4.90 Å². The predicted octanol–water partition coefficient (Wildman–Crippen LogP) is 5.51. The van der Waals surface area contributed by atoms with Gasteiger partial charge in [-0.2, -0.15) is 0 Å². The molecule has 7 heteroatoms. The molecule has 1 aliphatic heterocycles. The Hall–Kier alpha value is -2.96. The fourth-order valence-electron chi connectivity index (χ4n) is 4.18. The van der Waals surface area contributed by atoms with Crippen LogP contribution in [-0.2, 0) is 24.2 Å². The summed E-state index contributed by atoms with van der Waals surface area (Å²) in [6.45, 7) is 3.57. The third-order valence-electron chi connectivity index (χ3n) is 5.71. The van der Waals surface area contributed by atoms with Gasteiger partial charge in [0.2, 0.25) is 0 Å². The first-order valence-electron chi connectivity index (χ1n) is 10.1. The highest BCUT2D eigenvalue weighted by Crippen LogP contribution is 2.41. The van der Waals surface area contributed by atoms with Gasteiger partial charge in [0.1, 0.15) is 0 Å². The molecule has 0 aliphatic carbocycles. The SMILES string of the molecule is Cc1cc2nc(N3CCc4cccnc4C3)sc2c(-c2ccc(Cl)cc2)c1CC(=O)O. The average molecular weight is 450 g/mol. The maximum absolute atomic E-state index is 11.6. The van der Waals surface area contributed by atoms with Crippen molar-refractivity contribution in [3.63, 3.8) is 0 Å². The molecule has 0 radical (unpaired) electrons. The Kier molecular flexibility index (Phi) is 5.12. The van der Waals surface area contributed by atoms with E-state index in [2.05, 4.69) is 16.0 Å². The van der Waals surface area contributed by atoms with E-state index in [-0.39, 0.29) is 6.42 Å². The van der Waals surface area contributed by atoms with Crippen LogP contribution in [0, 0.1) is 6.92 Å². The number of aromatic nitrogens is 2. The number of halogens is 1. The molecule has 4 aromatic rings. The average Bonchev–Trinajstić information content (AvgIpc) is 3.18. The van der Waals surface area contributed by atoms with Gasteiger partial charge in [0, 0.05) is 23.3 Å². The number of nitrogens with zero attached hydrogens (tertiary/aromatic N) is 3. The summed E-state index contributed by atoms with van der Waals surface area (Å²) in [5.74, 6) is -0.846. The van der Waals surface area contributed by atoms with Gasteiger partial charge in [0.25, 0.3) is 0 Å². The predicted molar refractivity (Wildman–Crippen MR) is 125 cm³/mol. The highest BCUT2D eigenvalue weighted by atomic mass is 35.5. The van der Waals surface area contributed by atoms with E-state index in [9.17, 15) is 9.90 Å². The lowest BCUT2D eigenvalue weighted by Gasteiger charge is -2.27. The minimum absolute atomic E-state index is 0.0338. The zero-order valence-electron chi connectivity index (χ0n) is 16.9. The smallest absolute Gasteiger partial charge is 0.307 e. The van der Waals surface area contributed by atoms with Crippen LogP contribution in [0.2, 0.25) is 5.02 Å². The molecule has 5 nitrogen and oxygen atoms in total. The highest BCUT2D eigenvalue weighted by Gasteiger charge is 2.23. The largest absolute Gasteiger partial charge is 0.481 e. The van der Waals surface area contributed by atoms with Crippen LogP contribution in [-0.4, -0.2) is 27.6 Å². The van der Waals surface area contributed by atoms with E-state index in [1.807, 2.05) is 49.5 Å². The fourth-order valence-corrected chi connectivity index (χ4v) is 5.47. The Morgan fingerprint density at radius 2 is 2.06 bits per heavy atom. The number of hydrogen-bond donors (Lipinski definition) is 1. The molecular formula is C24H20ClN3O2S. The molecule has 5 rings (SSSR count). The number of carbonyl (C=O) groups is 1. The maximum Gasteiger partial charge on any atom is 0.307 e. The first kappa shape index (κ1) is 20.0. The van der Waals surface area contributed by atoms with Crippen LogP contribution in [0.4, 0.5) is 5.13 Å². The van der Waals surface area contributed by atoms with Crippen LogP contribution in [0.3, 0.4) is 0 Å². The molecule has 2 aromatic carbocycles. The summed E-state index contributed by atoms with van der Waals surface area (Å²) in [6.07, 6.45) is 2.74. The normalized spacial score (nSPS) is 13.4. The van der Waals surface area contributed by atoms with Gasteiger partial charge >= 0.3 is 5.97 Å². The molecule has 0 bridgehead atoms. The summed E-state index contributed by atoms with van der Waals surface area (Å²) in [5, 5.41) is 11.1. The van der Waals surface area contributed by atoms with E-state index in [4.69, 9.17) is 16.6 Å². The van der Waals surface area contributed by atoms with Gasteiger partial charge < -0.3 is 10.0 Å². The molecule has 156 valence electrons. The van der Waals surface area contributed by atoms with Gasteiger partial charge in [-0.15, -0.1) is 0 Å². The number of carboxylic acids is 1. The van der Waals surface area contributed by atoms with Crippen molar-refractivity contribution in [1.29, 1.82) is 0 Å². The van der Waals surface area contributed by atoms with Crippen molar-refractivity contribution in [2.24, 2.45) is 0 Å². The standard InChI is InChI=1S/C24H20ClN3O2S/c1-14-11-19-23(22(18(14)12-21(29)30)16-4-6-17(25)7-5-16)31-24(27-19)28-10-8-15-3-2-9-26-20(15)13-28/h2-7,9,11H,8,10,12-13H2,1H3,(H,29,30). The molecule has 0 spiro atoms. The molecule has 1 N–H and O–H groups in total. The van der Waals surface area contributed by atoms with Crippen LogP contribution in [0.15, 0.2) is 48.7 Å². The van der Waals surface area contributed by atoms with Crippen LogP contribution >= 0.6 is 22.9 Å². The molecule has 2 aromatic heterocycles. The van der Waals surface area contributed by atoms with Gasteiger partial charge in [-0.3, -0.25) is 9.78 Å². The van der Waals surface area contributed by atoms with Crippen molar-refractivity contribution < 1.29 is 9.90 Å².